The Kier molecular flexibility index (Phi) is 6.64. The van der Waals surface area contributed by atoms with E-state index >= 15 is 0 Å². The number of hydrogen-bond acceptors (Lipinski definition) is 2. The molecule has 1 aliphatic carbocycles. The summed E-state index contributed by atoms with van der Waals surface area (Å²) in [6.45, 7) is 6.71. The molecule has 1 saturated heterocycles. The van der Waals surface area contributed by atoms with Crippen LogP contribution in [0.4, 0.5) is 4.79 Å². The lowest BCUT2D eigenvalue weighted by Gasteiger charge is -2.30. The van der Waals surface area contributed by atoms with Crippen LogP contribution in [0.2, 0.25) is 0 Å². The third kappa shape index (κ3) is 5.70. The second-order valence-corrected chi connectivity index (χ2v) is 6.64. The SMILES string of the molecule is C[C@H]1CCCN(CCCNC(=O)NC2CCCCC2)C1. The van der Waals surface area contributed by atoms with Gasteiger partial charge in [0.25, 0.3) is 0 Å². The molecule has 4 heteroatoms. The number of hydrogen-bond donors (Lipinski definition) is 2. The highest BCUT2D eigenvalue weighted by Gasteiger charge is 2.16. The van der Waals surface area contributed by atoms with Crippen molar-refractivity contribution in [1.29, 1.82) is 0 Å². The molecule has 2 N–H and O–H groups in total. The van der Waals surface area contributed by atoms with Crippen molar-refractivity contribution in [2.45, 2.75) is 64.3 Å². The van der Waals surface area contributed by atoms with Gasteiger partial charge in [-0.3, -0.25) is 0 Å². The second-order valence-electron chi connectivity index (χ2n) is 6.64. The summed E-state index contributed by atoms with van der Waals surface area (Å²) >= 11 is 0. The zero-order valence-corrected chi connectivity index (χ0v) is 13.0. The number of piperidine rings is 1. The highest BCUT2D eigenvalue weighted by Crippen LogP contribution is 2.17. The van der Waals surface area contributed by atoms with Crippen molar-refractivity contribution < 1.29 is 4.79 Å². The molecule has 2 rings (SSSR count). The third-order valence-electron chi connectivity index (χ3n) is 4.62. The predicted octanol–water partition coefficient (Wildman–Crippen LogP) is 2.74. The number of likely N-dealkylation sites (tertiary alicyclic amines) is 1. The van der Waals surface area contributed by atoms with Crippen LogP contribution in [0.1, 0.15) is 58.3 Å². The molecular weight excluding hydrogens is 250 g/mol. The van der Waals surface area contributed by atoms with Crippen LogP contribution in [0.5, 0.6) is 0 Å². The van der Waals surface area contributed by atoms with Crippen LogP contribution in [0.3, 0.4) is 0 Å². The van der Waals surface area contributed by atoms with Gasteiger partial charge in [0.05, 0.1) is 0 Å². The van der Waals surface area contributed by atoms with Gasteiger partial charge in [-0.25, -0.2) is 4.79 Å². The van der Waals surface area contributed by atoms with E-state index in [2.05, 4.69) is 22.5 Å². The maximum Gasteiger partial charge on any atom is 0.315 e. The molecular formula is C16H31N3O. The van der Waals surface area contributed by atoms with E-state index in [1.54, 1.807) is 0 Å². The molecule has 0 bridgehead atoms. The van der Waals surface area contributed by atoms with Crippen LogP contribution < -0.4 is 10.6 Å². The van der Waals surface area contributed by atoms with Gasteiger partial charge in [-0.15, -0.1) is 0 Å². The first-order chi connectivity index (χ1) is 9.74. The van der Waals surface area contributed by atoms with Crippen molar-refractivity contribution in [3.8, 4) is 0 Å². The summed E-state index contributed by atoms with van der Waals surface area (Å²) in [6, 6.07) is 0.440. The fraction of sp³-hybridized carbons (Fsp3) is 0.938. The lowest BCUT2D eigenvalue weighted by atomic mass is 9.96. The van der Waals surface area contributed by atoms with Gasteiger partial charge in [-0.05, 0) is 51.1 Å². The van der Waals surface area contributed by atoms with Crippen molar-refractivity contribution in [2.24, 2.45) is 5.92 Å². The molecule has 0 aromatic rings. The van der Waals surface area contributed by atoms with Gasteiger partial charge in [0.1, 0.15) is 0 Å². The Hall–Kier alpha value is -0.770. The monoisotopic (exact) mass is 281 g/mol. The molecule has 0 radical (unpaired) electrons. The first-order valence-electron chi connectivity index (χ1n) is 8.51. The average Bonchev–Trinajstić information content (AvgIpc) is 2.45. The first kappa shape index (κ1) is 15.6. The van der Waals surface area contributed by atoms with Crippen molar-refractivity contribution >= 4 is 6.03 Å². The highest BCUT2D eigenvalue weighted by molar-refractivity contribution is 5.74. The molecule has 0 aromatic heterocycles. The minimum absolute atomic E-state index is 0.0314. The summed E-state index contributed by atoms with van der Waals surface area (Å²) in [5.41, 5.74) is 0. The zero-order chi connectivity index (χ0) is 14.2. The van der Waals surface area contributed by atoms with E-state index in [1.165, 1.54) is 45.2 Å². The third-order valence-corrected chi connectivity index (χ3v) is 4.62. The molecule has 1 aliphatic heterocycles. The minimum Gasteiger partial charge on any atom is -0.338 e. The number of nitrogens with zero attached hydrogens (tertiary/aromatic N) is 1. The maximum absolute atomic E-state index is 11.8. The van der Waals surface area contributed by atoms with Gasteiger partial charge in [-0.1, -0.05) is 26.2 Å². The van der Waals surface area contributed by atoms with E-state index in [1.807, 2.05) is 0 Å². The van der Waals surface area contributed by atoms with Crippen LogP contribution in [0.25, 0.3) is 0 Å². The lowest BCUT2D eigenvalue weighted by molar-refractivity contribution is 0.181. The summed E-state index contributed by atoms with van der Waals surface area (Å²) in [5, 5.41) is 6.10. The van der Waals surface area contributed by atoms with Crippen LogP contribution in [0, 0.1) is 5.92 Å². The Balaban J connectivity index is 1.50. The number of urea groups is 1. The van der Waals surface area contributed by atoms with Gasteiger partial charge in [-0.2, -0.15) is 0 Å². The van der Waals surface area contributed by atoms with Crippen molar-refractivity contribution in [1.82, 2.24) is 15.5 Å². The zero-order valence-electron chi connectivity index (χ0n) is 13.0. The van der Waals surface area contributed by atoms with Crippen LogP contribution >= 0.6 is 0 Å². The minimum atomic E-state index is 0.0314. The van der Waals surface area contributed by atoms with E-state index in [-0.39, 0.29) is 6.03 Å². The largest absolute Gasteiger partial charge is 0.338 e. The van der Waals surface area contributed by atoms with E-state index < -0.39 is 0 Å². The molecule has 1 atom stereocenters. The van der Waals surface area contributed by atoms with Gasteiger partial charge in [0.2, 0.25) is 0 Å². The Bertz CT molecular complexity index is 289. The van der Waals surface area contributed by atoms with Crippen molar-refractivity contribution in [2.75, 3.05) is 26.2 Å². The molecule has 1 heterocycles. The number of amides is 2. The Morgan fingerprint density at radius 3 is 2.70 bits per heavy atom. The fourth-order valence-electron chi connectivity index (χ4n) is 3.48. The molecule has 4 nitrogen and oxygen atoms in total. The van der Waals surface area contributed by atoms with Gasteiger partial charge in [0, 0.05) is 19.1 Å². The van der Waals surface area contributed by atoms with Gasteiger partial charge in [0.15, 0.2) is 0 Å². The standard InChI is InChI=1S/C16H31N3O/c1-14-7-5-11-19(13-14)12-6-10-17-16(20)18-15-8-3-2-4-9-15/h14-15H,2-13H2,1H3,(H2,17,18,20)/t14-/m0/s1. The summed E-state index contributed by atoms with van der Waals surface area (Å²) < 4.78 is 0. The van der Waals surface area contributed by atoms with E-state index in [0.717, 1.165) is 38.3 Å². The summed E-state index contributed by atoms with van der Waals surface area (Å²) in [4.78, 5) is 14.3. The van der Waals surface area contributed by atoms with Crippen LogP contribution in [-0.4, -0.2) is 43.2 Å². The van der Waals surface area contributed by atoms with Gasteiger partial charge >= 0.3 is 6.03 Å². The average molecular weight is 281 g/mol. The molecule has 116 valence electrons. The Labute approximate surface area is 123 Å². The molecule has 0 spiro atoms. The first-order valence-corrected chi connectivity index (χ1v) is 8.51. The number of rotatable bonds is 5. The molecule has 2 amide bonds. The smallest absolute Gasteiger partial charge is 0.315 e. The van der Waals surface area contributed by atoms with Crippen molar-refractivity contribution in [3.05, 3.63) is 0 Å². The fourth-order valence-corrected chi connectivity index (χ4v) is 3.48. The maximum atomic E-state index is 11.8. The summed E-state index contributed by atoms with van der Waals surface area (Å²) in [6.07, 6.45) is 9.92. The molecule has 2 aliphatic rings. The Morgan fingerprint density at radius 2 is 1.95 bits per heavy atom. The number of nitrogens with one attached hydrogen (secondary N) is 2. The highest BCUT2D eigenvalue weighted by atomic mass is 16.2. The van der Waals surface area contributed by atoms with E-state index in [9.17, 15) is 4.79 Å². The van der Waals surface area contributed by atoms with E-state index in [4.69, 9.17) is 0 Å². The molecule has 20 heavy (non-hydrogen) atoms. The number of carbonyl (C=O) groups excluding carboxylic acids is 1. The van der Waals surface area contributed by atoms with Crippen LogP contribution in [-0.2, 0) is 0 Å². The van der Waals surface area contributed by atoms with Gasteiger partial charge < -0.3 is 15.5 Å². The predicted molar refractivity (Wildman–Crippen MR) is 82.9 cm³/mol. The normalized spacial score (nSPS) is 25.4. The summed E-state index contributed by atoms with van der Waals surface area (Å²) in [5.74, 6) is 0.839. The Morgan fingerprint density at radius 1 is 1.15 bits per heavy atom. The number of carbonyl (C=O) groups is 1. The van der Waals surface area contributed by atoms with Crippen molar-refractivity contribution in [3.63, 3.8) is 0 Å². The van der Waals surface area contributed by atoms with E-state index in [0.29, 0.717) is 6.04 Å². The lowest BCUT2D eigenvalue weighted by Crippen LogP contribution is -2.43. The molecule has 1 saturated carbocycles. The topological polar surface area (TPSA) is 44.4 Å². The molecule has 0 unspecified atom stereocenters. The van der Waals surface area contributed by atoms with Crippen LogP contribution in [0.15, 0.2) is 0 Å². The molecule has 2 fully saturated rings. The molecule has 0 aromatic carbocycles. The second kappa shape index (κ2) is 8.50. The quantitative estimate of drug-likeness (QED) is 0.761. The summed E-state index contributed by atoms with van der Waals surface area (Å²) in [7, 11) is 0.